The van der Waals surface area contributed by atoms with E-state index in [4.69, 9.17) is 9.47 Å². The van der Waals surface area contributed by atoms with Crippen LogP contribution in [0.3, 0.4) is 0 Å². The third-order valence-corrected chi connectivity index (χ3v) is 4.97. The predicted octanol–water partition coefficient (Wildman–Crippen LogP) is 3.52. The van der Waals surface area contributed by atoms with Crippen molar-refractivity contribution < 1.29 is 19.2 Å². The molecule has 2 N–H and O–H groups in total. The highest BCUT2D eigenvalue weighted by molar-refractivity contribution is 6.05. The second-order valence-electron chi connectivity index (χ2n) is 7.09. The maximum absolute atomic E-state index is 12.8. The number of carbonyl (C=O) groups excluding carboxylic acids is 1. The van der Waals surface area contributed by atoms with Crippen molar-refractivity contribution in [1.82, 2.24) is 9.97 Å². The maximum atomic E-state index is 12.8. The number of methoxy groups -OCH3 is 1. The summed E-state index contributed by atoms with van der Waals surface area (Å²) in [5.74, 6) is -0.145. The molecule has 0 atom stereocenters. The van der Waals surface area contributed by atoms with E-state index in [1.807, 2.05) is 35.3 Å². The number of hydrogen-bond donors (Lipinski definition) is 2. The van der Waals surface area contributed by atoms with E-state index in [0.29, 0.717) is 11.1 Å². The number of ether oxygens (including phenoxy) is 2. The molecular formula is C24H17N3O7. The van der Waals surface area contributed by atoms with Crippen LogP contribution in [0.4, 0.5) is 5.69 Å². The smallest absolute Gasteiger partial charge is 0.357 e. The van der Waals surface area contributed by atoms with Gasteiger partial charge in [0.1, 0.15) is 5.69 Å². The van der Waals surface area contributed by atoms with Gasteiger partial charge < -0.3 is 14.5 Å². The third kappa shape index (κ3) is 4.46. The zero-order chi connectivity index (χ0) is 24.2. The summed E-state index contributed by atoms with van der Waals surface area (Å²) in [6, 6.07) is 17.4. The summed E-state index contributed by atoms with van der Waals surface area (Å²) < 4.78 is 10.9. The molecule has 0 aliphatic rings. The number of fused-ring (bicyclic) bond motifs is 1. The molecule has 0 aliphatic carbocycles. The molecule has 3 aromatic carbocycles. The van der Waals surface area contributed by atoms with E-state index in [0.717, 1.165) is 10.8 Å². The van der Waals surface area contributed by atoms with Gasteiger partial charge in [-0.2, -0.15) is 0 Å². The van der Waals surface area contributed by atoms with Crippen LogP contribution < -0.4 is 20.7 Å². The first kappa shape index (κ1) is 22.2. The van der Waals surface area contributed by atoms with Crippen LogP contribution in [0.5, 0.6) is 11.5 Å². The molecule has 34 heavy (non-hydrogen) atoms. The first-order valence-corrected chi connectivity index (χ1v) is 9.94. The summed E-state index contributed by atoms with van der Waals surface area (Å²) >= 11 is 0. The number of carbonyl (C=O) groups is 1. The van der Waals surface area contributed by atoms with Gasteiger partial charge in [-0.05, 0) is 40.6 Å². The molecule has 4 rings (SSSR count). The zero-order valence-electron chi connectivity index (χ0n) is 17.7. The lowest BCUT2D eigenvalue weighted by atomic mass is 10.0. The van der Waals surface area contributed by atoms with Gasteiger partial charge in [0.25, 0.3) is 0 Å². The SMILES string of the molecule is COc1cc(C=Cc2[nH]c(=O)[nH]c(=O)c2[N+](=O)[O-])ccc1OC(=O)c1cccc2ccccc12. The van der Waals surface area contributed by atoms with Crippen LogP contribution in [0.25, 0.3) is 22.9 Å². The number of benzene rings is 3. The van der Waals surface area contributed by atoms with Crippen molar-refractivity contribution in [3.05, 3.63) is 108 Å². The molecule has 0 aliphatic heterocycles. The van der Waals surface area contributed by atoms with Gasteiger partial charge in [0.15, 0.2) is 11.5 Å². The van der Waals surface area contributed by atoms with Gasteiger partial charge in [0.2, 0.25) is 0 Å². The molecule has 0 radical (unpaired) electrons. The molecular weight excluding hydrogens is 442 g/mol. The highest BCUT2D eigenvalue weighted by Gasteiger charge is 2.19. The van der Waals surface area contributed by atoms with Crippen molar-refractivity contribution in [2.75, 3.05) is 7.11 Å². The van der Waals surface area contributed by atoms with Crippen molar-refractivity contribution in [3.8, 4) is 11.5 Å². The van der Waals surface area contributed by atoms with Crippen LogP contribution in [-0.2, 0) is 0 Å². The van der Waals surface area contributed by atoms with Gasteiger partial charge >= 0.3 is 22.9 Å². The average Bonchev–Trinajstić information content (AvgIpc) is 2.82. The van der Waals surface area contributed by atoms with Gasteiger partial charge in [-0.25, -0.2) is 9.59 Å². The van der Waals surface area contributed by atoms with Gasteiger partial charge in [-0.1, -0.05) is 48.5 Å². The summed E-state index contributed by atoms with van der Waals surface area (Å²) in [6.45, 7) is 0. The summed E-state index contributed by atoms with van der Waals surface area (Å²) in [7, 11) is 1.40. The van der Waals surface area contributed by atoms with Crippen LogP contribution in [0, 0.1) is 10.1 Å². The molecule has 0 bridgehead atoms. The number of esters is 1. The molecule has 0 amide bonds. The second kappa shape index (κ2) is 9.25. The Hall–Kier alpha value is -4.99. The van der Waals surface area contributed by atoms with Crippen LogP contribution in [-0.4, -0.2) is 28.0 Å². The number of nitrogens with one attached hydrogen (secondary N) is 2. The molecule has 0 saturated heterocycles. The molecule has 1 aromatic heterocycles. The molecule has 170 valence electrons. The van der Waals surface area contributed by atoms with E-state index in [1.165, 1.54) is 25.3 Å². The molecule has 0 unspecified atom stereocenters. The highest BCUT2D eigenvalue weighted by Crippen LogP contribution is 2.30. The first-order valence-electron chi connectivity index (χ1n) is 9.94. The van der Waals surface area contributed by atoms with E-state index < -0.39 is 27.8 Å². The van der Waals surface area contributed by atoms with E-state index in [1.54, 1.807) is 24.3 Å². The minimum Gasteiger partial charge on any atom is -0.493 e. The number of nitro groups is 1. The normalized spacial score (nSPS) is 11.0. The number of rotatable bonds is 6. The molecule has 10 nitrogen and oxygen atoms in total. The van der Waals surface area contributed by atoms with Gasteiger partial charge in [0, 0.05) is 0 Å². The lowest BCUT2D eigenvalue weighted by Crippen LogP contribution is -2.25. The second-order valence-corrected chi connectivity index (χ2v) is 7.09. The number of aromatic nitrogens is 2. The van der Waals surface area contributed by atoms with Gasteiger partial charge in [-0.3, -0.25) is 19.9 Å². The van der Waals surface area contributed by atoms with Crippen LogP contribution >= 0.6 is 0 Å². The standard InChI is InChI=1S/C24H17N3O7/c1-33-20-13-14(9-11-18-21(27(31)32)22(28)26-24(30)25-18)10-12-19(20)34-23(29)17-8-4-6-15-5-2-3-7-16(15)17/h2-13H,1H3,(H2,25,26,28,30). The molecule has 0 spiro atoms. The van der Waals surface area contributed by atoms with Crippen molar-refractivity contribution >= 4 is 34.6 Å². The van der Waals surface area contributed by atoms with Crippen LogP contribution in [0.2, 0.25) is 0 Å². The number of nitrogens with zero attached hydrogens (tertiary/aromatic N) is 1. The van der Waals surface area contributed by atoms with Crippen molar-refractivity contribution in [1.29, 1.82) is 0 Å². The lowest BCUT2D eigenvalue weighted by molar-refractivity contribution is -0.386. The number of H-pyrrole nitrogens is 2. The molecule has 1 heterocycles. The fourth-order valence-electron chi connectivity index (χ4n) is 3.41. The first-order chi connectivity index (χ1) is 16.4. The van der Waals surface area contributed by atoms with E-state index in [-0.39, 0.29) is 17.2 Å². The Labute approximate surface area is 191 Å². The molecule has 0 fully saturated rings. The summed E-state index contributed by atoms with van der Waals surface area (Å²) in [6.07, 6.45) is 2.67. The van der Waals surface area contributed by atoms with Crippen LogP contribution in [0.1, 0.15) is 21.6 Å². The quantitative estimate of drug-likeness (QED) is 0.194. The summed E-state index contributed by atoms with van der Waals surface area (Å²) in [4.78, 5) is 50.4. The topological polar surface area (TPSA) is 144 Å². The fraction of sp³-hybridized carbons (Fsp3) is 0.0417. The van der Waals surface area contributed by atoms with E-state index in [2.05, 4.69) is 4.98 Å². The lowest BCUT2D eigenvalue weighted by Gasteiger charge is -2.11. The largest absolute Gasteiger partial charge is 0.493 e. The Morgan fingerprint density at radius 3 is 2.50 bits per heavy atom. The number of hydrogen-bond acceptors (Lipinski definition) is 7. The Morgan fingerprint density at radius 2 is 1.74 bits per heavy atom. The molecule has 0 saturated carbocycles. The van der Waals surface area contributed by atoms with Gasteiger partial charge in [0.05, 0.1) is 17.6 Å². The van der Waals surface area contributed by atoms with Crippen molar-refractivity contribution in [3.63, 3.8) is 0 Å². The van der Waals surface area contributed by atoms with Crippen molar-refractivity contribution in [2.45, 2.75) is 0 Å². The Morgan fingerprint density at radius 1 is 0.971 bits per heavy atom. The third-order valence-electron chi connectivity index (χ3n) is 4.97. The zero-order valence-corrected chi connectivity index (χ0v) is 17.7. The average molecular weight is 459 g/mol. The summed E-state index contributed by atoms with van der Waals surface area (Å²) in [5.41, 5.74) is -2.12. The number of aromatic amines is 2. The fourth-order valence-corrected chi connectivity index (χ4v) is 3.41. The van der Waals surface area contributed by atoms with E-state index in [9.17, 15) is 24.5 Å². The maximum Gasteiger partial charge on any atom is 0.357 e. The van der Waals surface area contributed by atoms with Gasteiger partial charge in [-0.15, -0.1) is 0 Å². The summed E-state index contributed by atoms with van der Waals surface area (Å²) in [5, 5.41) is 12.8. The van der Waals surface area contributed by atoms with E-state index >= 15 is 0 Å². The molecule has 10 heteroatoms. The Balaban J connectivity index is 1.63. The highest BCUT2D eigenvalue weighted by atomic mass is 16.6. The minimum absolute atomic E-state index is 0.174. The predicted molar refractivity (Wildman–Crippen MR) is 125 cm³/mol. The Kier molecular flexibility index (Phi) is 6.04. The van der Waals surface area contributed by atoms with Crippen LogP contribution in [0.15, 0.2) is 70.3 Å². The minimum atomic E-state index is -1.11. The molecule has 4 aromatic rings. The monoisotopic (exact) mass is 459 g/mol. The Bertz CT molecular complexity index is 1560. The van der Waals surface area contributed by atoms with Crippen molar-refractivity contribution in [2.24, 2.45) is 0 Å².